The third-order valence-corrected chi connectivity index (χ3v) is 6.16. The number of hydrogen-bond donors (Lipinski definition) is 0. The van der Waals surface area contributed by atoms with Crippen molar-refractivity contribution in [1.29, 1.82) is 0 Å². The fraction of sp³-hybridized carbons (Fsp3) is 0.0909. The fourth-order valence-corrected chi connectivity index (χ4v) is 4.64. The van der Waals surface area contributed by atoms with E-state index in [1.165, 1.54) is 32.7 Å². The minimum Gasteiger partial charge on any atom is -0.293 e. The first-order valence-corrected chi connectivity index (χ1v) is 9.95. The zero-order valence-corrected chi connectivity index (χ0v) is 16.4. The van der Waals surface area contributed by atoms with Gasteiger partial charge in [-0.3, -0.25) is 18.6 Å². The molecule has 7 heteroatoms. The number of thiophene rings is 1. The summed E-state index contributed by atoms with van der Waals surface area (Å²) in [5, 5.41) is 0.619. The number of fused-ring (bicyclic) bond motifs is 2. The van der Waals surface area contributed by atoms with Crippen molar-refractivity contribution in [2.45, 2.75) is 13.5 Å². The summed E-state index contributed by atoms with van der Waals surface area (Å²) >= 11 is 1.52. The SMILES string of the molecule is Cc1c(-c2ccccc2)sc2ncn(Cc3cc(=O)n4ccccc4n3)c(=O)c12. The van der Waals surface area contributed by atoms with Gasteiger partial charge in [0.25, 0.3) is 11.1 Å². The van der Waals surface area contributed by atoms with E-state index in [9.17, 15) is 9.59 Å². The molecule has 0 bridgehead atoms. The van der Waals surface area contributed by atoms with Crippen molar-refractivity contribution in [3.63, 3.8) is 0 Å². The van der Waals surface area contributed by atoms with Crippen LogP contribution in [0, 0.1) is 6.92 Å². The molecule has 0 aliphatic rings. The molecule has 0 radical (unpaired) electrons. The summed E-state index contributed by atoms with van der Waals surface area (Å²) in [4.78, 5) is 36.3. The first-order valence-electron chi connectivity index (χ1n) is 9.13. The summed E-state index contributed by atoms with van der Waals surface area (Å²) in [5.74, 6) is 0. The van der Waals surface area contributed by atoms with Crippen LogP contribution in [0.2, 0.25) is 0 Å². The highest BCUT2D eigenvalue weighted by Crippen LogP contribution is 2.35. The molecule has 0 atom stereocenters. The molecule has 6 nitrogen and oxygen atoms in total. The van der Waals surface area contributed by atoms with Gasteiger partial charge in [-0.05, 0) is 30.2 Å². The van der Waals surface area contributed by atoms with Gasteiger partial charge in [-0.1, -0.05) is 36.4 Å². The molecule has 0 aliphatic carbocycles. The predicted molar refractivity (Wildman–Crippen MR) is 115 cm³/mol. The maximum atomic E-state index is 13.2. The van der Waals surface area contributed by atoms with Crippen LogP contribution in [0.5, 0.6) is 0 Å². The van der Waals surface area contributed by atoms with Crippen molar-refractivity contribution < 1.29 is 0 Å². The molecule has 29 heavy (non-hydrogen) atoms. The Balaban J connectivity index is 1.62. The normalized spacial score (nSPS) is 11.3. The zero-order chi connectivity index (χ0) is 20.0. The highest BCUT2D eigenvalue weighted by atomic mass is 32.1. The molecular weight excluding hydrogens is 384 g/mol. The Morgan fingerprint density at radius 3 is 2.66 bits per heavy atom. The quantitative estimate of drug-likeness (QED) is 0.465. The minimum atomic E-state index is -0.175. The van der Waals surface area contributed by atoms with Crippen LogP contribution in [0.4, 0.5) is 0 Å². The zero-order valence-electron chi connectivity index (χ0n) is 15.6. The molecular formula is C22H16N4O2S. The second kappa shape index (κ2) is 6.79. The van der Waals surface area contributed by atoms with Crippen LogP contribution in [0.15, 0.2) is 76.7 Å². The van der Waals surface area contributed by atoms with Gasteiger partial charge in [0.2, 0.25) is 0 Å². The third kappa shape index (κ3) is 2.96. The van der Waals surface area contributed by atoms with E-state index in [0.717, 1.165) is 16.0 Å². The number of aromatic nitrogens is 4. The molecule has 0 N–H and O–H groups in total. The lowest BCUT2D eigenvalue weighted by molar-refractivity contribution is 0.727. The number of hydrogen-bond acceptors (Lipinski definition) is 5. The Morgan fingerprint density at radius 1 is 1.03 bits per heavy atom. The van der Waals surface area contributed by atoms with E-state index in [1.807, 2.05) is 43.3 Å². The molecule has 0 amide bonds. The van der Waals surface area contributed by atoms with Gasteiger partial charge >= 0.3 is 0 Å². The van der Waals surface area contributed by atoms with E-state index in [-0.39, 0.29) is 17.7 Å². The van der Waals surface area contributed by atoms with Crippen LogP contribution >= 0.6 is 11.3 Å². The molecule has 4 aromatic heterocycles. The van der Waals surface area contributed by atoms with Gasteiger partial charge in [0.05, 0.1) is 24.0 Å². The topological polar surface area (TPSA) is 69.3 Å². The highest BCUT2D eigenvalue weighted by molar-refractivity contribution is 7.22. The summed E-state index contributed by atoms with van der Waals surface area (Å²) in [6.45, 7) is 2.15. The van der Waals surface area contributed by atoms with Gasteiger partial charge in [0.1, 0.15) is 10.5 Å². The molecule has 0 aliphatic heterocycles. The Labute approximate surface area is 169 Å². The summed E-state index contributed by atoms with van der Waals surface area (Å²) < 4.78 is 2.99. The van der Waals surface area contributed by atoms with Crippen molar-refractivity contribution in [3.8, 4) is 10.4 Å². The van der Waals surface area contributed by atoms with E-state index in [4.69, 9.17) is 0 Å². The lowest BCUT2D eigenvalue weighted by atomic mass is 10.1. The Kier molecular flexibility index (Phi) is 4.10. The van der Waals surface area contributed by atoms with E-state index in [1.54, 1.807) is 18.3 Å². The molecule has 5 rings (SSSR count). The first kappa shape index (κ1) is 17.5. The van der Waals surface area contributed by atoms with Crippen molar-refractivity contribution in [2.75, 3.05) is 0 Å². The van der Waals surface area contributed by atoms with Gasteiger partial charge in [-0.2, -0.15) is 0 Å². The van der Waals surface area contributed by atoms with Crippen LogP contribution in [0.25, 0.3) is 26.3 Å². The maximum Gasteiger partial charge on any atom is 0.262 e. The van der Waals surface area contributed by atoms with E-state index < -0.39 is 0 Å². The average Bonchev–Trinajstić information content (AvgIpc) is 3.08. The monoisotopic (exact) mass is 400 g/mol. The van der Waals surface area contributed by atoms with Gasteiger partial charge in [0.15, 0.2) is 0 Å². The van der Waals surface area contributed by atoms with E-state index >= 15 is 0 Å². The second-order valence-corrected chi connectivity index (χ2v) is 7.79. The lowest BCUT2D eigenvalue weighted by Crippen LogP contribution is -2.23. The fourth-order valence-electron chi connectivity index (χ4n) is 3.50. The van der Waals surface area contributed by atoms with Crippen LogP contribution in [-0.2, 0) is 6.54 Å². The van der Waals surface area contributed by atoms with Gasteiger partial charge in [-0.15, -0.1) is 11.3 Å². The van der Waals surface area contributed by atoms with Crippen LogP contribution in [0.3, 0.4) is 0 Å². The molecule has 4 heterocycles. The van der Waals surface area contributed by atoms with Gasteiger partial charge < -0.3 is 0 Å². The number of benzene rings is 1. The summed E-state index contributed by atoms with van der Waals surface area (Å²) in [6.07, 6.45) is 3.21. The Morgan fingerprint density at radius 2 is 1.83 bits per heavy atom. The average molecular weight is 400 g/mol. The molecule has 0 saturated heterocycles. The van der Waals surface area contributed by atoms with Crippen molar-refractivity contribution in [1.82, 2.24) is 18.9 Å². The maximum absolute atomic E-state index is 13.2. The summed E-state index contributed by atoms with van der Waals surface area (Å²) in [7, 11) is 0. The molecule has 1 aromatic carbocycles. The van der Waals surface area contributed by atoms with E-state index in [2.05, 4.69) is 9.97 Å². The number of nitrogens with zero attached hydrogens (tertiary/aromatic N) is 4. The van der Waals surface area contributed by atoms with E-state index in [0.29, 0.717) is 21.6 Å². The summed E-state index contributed by atoms with van der Waals surface area (Å²) in [5.41, 5.74) is 2.78. The molecule has 0 unspecified atom stereocenters. The van der Waals surface area contributed by atoms with Crippen molar-refractivity contribution in [2.24, 2.45) is 0 Å². The Bertz CT molecular complexity index is 1480. The third-order valence-electron chi connectivity index (χ3n) is 4.91. The number of aryl methyl sites for hydroxylation is 1. The molecule has 0 saturated carbocycles. The minimum absolute atomic E-state index is 0.124. The standard InChI is InChI=1S/C22H16N4O2S/c1-14-19-21(29-20(14)15-7-3-2-4-8-15)23-13-25(22(19)28)12-16-11-18(27)26-10-6-5-9-17(26)24-16/h2-11,13H,12H2,1H3. The molecule has 0 spiro atoms. The van der Waals surface area contributed by atoms with Crippen LogP contribution in [0.1, 0.15) is 11.3 Å². The molecule has 0 fully saturated rings. The van der Waals surface area contributed by atoms with Crippen molar-refractivity contribution >= 4 is 27.2 Å². The Hall–Kier alpha value is -3.58. The first-order chi connectivity index (χ1) is 14.1. The van der Waals surface area contributed by atoms with Crippen LogP contribution < -0.4 is 11.1 Å². The summed E-state index contributed by atoms with van der Waals surface area (Å²) in [6, 6.07) is 16.8. The molecule has 5 aromatic rings. The number of rotatable bonds is 3. The van der Waals surface area contributed by atoms with Crippen molar-refractivity contribution in [3.05, 3.63) is 99.1 Å². The highest BCUT2D eigenvalue weighted by Gasteiger charge is 2.16. The predicted octanol–water partition coefficient (Wildman–Crippen LogP) is 3.49. The number of pyridine rings is 1. The van der Waals surface area contributed by atoms with Crippen LogP contribution in [-0.4, -0.2) is 18.9 Å². The van der Waals surface area contributed by atoms with Gasteiger partial charge in [0, 0.05) is 17.1 Å². The molecule has 142 valence electrons. The lowest BCUT2D eigenvalue weighted by Gasteiger charge is -2.06. The van der Waals surface area contributed by atoms with Gasteiger partial charge in [-0.25, -0.2) is 9.97 Å². The largest absolute Gasteiger partial charge is 0.293 e. The smallest absolute Gasteiger partial charge is 0.262 e. The second-order valence-electron chi connectivity index (χ2n) is 6.79.